The smallest absolute Gasteiger partial charge is 0.408 e. The summed E-state index contributed by atoms with van der Waals surface area (Å²) in [5, 5.41) is 5.55. The molecule has 1 fully saturated rings. The predicted molar refractivity (Wildman–Crippen MR) is 249 cm³/mol. The van der Waals surface area contributed by atoms with Gasteiger partial charge in [-0.1, -0.05) is 99.6 Å². The Morgan fingerprint density at radius 2 is 1.37 bits per heavy atom. The molecular formula is C50H64N8O7. The van der Waals surface area contributed by atoms with Gasteiger partial charge in [-0.3, -0.25) is 9.59 Å². The number of amides is 4. The van der Waals surface area contributed by atoms with Crippen LogP contribution in [-0.4, -0.2) is 98.8 Å². The molecule has 4 N–H and O–H groups in total. The van der Waals surface area contributed by atoms with E-state index in [9.17, 15) is 19.2 Å². The second kappa shape index (κ2) is 21.0. The van der Waals surface area contributed by atoms with Crippen molar-refractivity contribution < 1.29 is 33.4 Å². The second-order valence-corrected chi connectivity index (χ2v) is 18.3. The molecule has 0 aliphatic carbocycles. The van der Waals surface area contributed by atoms with Gasteiger partial charge in [0, 0.05) is 19.7 Å². The van der Waals surface area contributed by atoms with Gasteiger partial charge in [-0.05, 0) is 87.1 Å². The van der Waals surface area contributed by atoms with E-state index in [0.717, 1.165) is 46.5 Å². The van der Waals surface area contributed by atoms with Crippen LogP contribution < -0.4 is 10.6 Å². The molecule has 6 atom stereocenters. The van der Waals surface area contributed by atoms with E-state index in [1.54, 1.807) is 45.2 Å². The van der Waals surface area contributed by atoms with Crippen molar-refractivity contribution in [1.82, 2.24) is 40.4 Å². The van der Waals surface area contributed by atoms with Crippen LogP contribution in [0.15, 0.2) is 91.3 Å². The molecule has 3 heterocycles. The van der Waals surface area contributed by atoms with Crippen molar-refractivity contribution in [2.45, 2.75) is 104 Å². The standard InChI is InChI=1S/C50H64N8O7/c1-30(2)42(55-48(61)64-10)47(60)58-32(4)16-25-41(58)45-52-27-40(54-45)37-23-19-35(20-24-37)34-17-21-36(22-18-34)39-26-51-44(53-39)33(5)57(28-31(3)29-63-9)46(59)43(38-14-12-11-13-15-38)56-49(62)65-50(6,7)8/h11-15,17-24,26-27,30-33,41-43H,16,25,28-29H2,1-10H3,(H,51,53)(H,52,54)(H,55,61)(H,56,62)/t31-,32-,33-,41-,42-,43+/m0/s1. The van der Waals surface area contributed by atoms with Crippen LogP contribution in [0, 0.1) is 11.8 Å². The third-order valence-electron chi connectivity index (χ3n) is 11.7. The summed E-state index contributed by atoms with van der Waals surface area (Å²) < 4.78 is 15.8. The van der Waals surface area contributed by atoms with Crippen LogP contribution in [0.2, 0.25) is 0 Å². The fourth-order valence-electron chi connectivity index (χ4n) is 8.30. The summed E-state index contributed by atoms with van der Waals surface area (Å²) in [4.78, 5) is 73.5. The van der Waals surface area contributed by atoms with Gasteiger partial charge in [-0.15, -0.1) is 0 Å². The quantitative estimate of drug-likeness (QED) is 0.0751. The maximum Gasteiger partial charge on any atom is 0.408 e. The number of methoxy groups -OCH3 is 2. The zero-order valence-corrected chi connectivity index (χ0v) is 39.2. The number of aromatic nitrogens is 4. The first-order valence-corrected chi connectivity index (χ1v) is 22.3. The predicted octanol–water partition coefficient (Wildman–Crippen LogP) is 9.00. The number of ether oxygens (including phenoxy) is 3. The Morgan fingerprint density at radius 1 is 0.785 bits per heavy atom. The number of benzene rings is 3. The number of rotatable bonds is 16. The average Bonchev–Trinajstić information content (AvgIpc) is 4.07. The number of alkyl carbamates (subject to hydrolysis) is 2. The van der Waals surface area contributed by atoms with E-state index >= 15 is 0 Å². The summed E-state index contributed by atoms with van der Waals surface area (Å²) in [6.07, 6.45) is 3.83. The highest BCUT2D eigenvalue weighted by atomic mass is 16.6. The van der Waals surface area contributed by atoms with Crippen LogP contribution in [0.4, 0.5) is 9.59 Å². The van der Waals surface area contributed by atoms with Crippen molar-refractivity contribution in [1.29, 1.82) is 0 Å². The fourth-order valence-corrected chi connectivity index (χ4v) is 8.30. The Morgan fingerprint density at radius 3 is 1.94 bits per heavy atom. The number of carbonyl (C=O) groups is 4. The molecule has 2 aromatic heterocycles. The van der Waals surface area contributed by atoms with Crippen LogP contribution in [0.5, 0.6) is 0 Å². The number of H-pyrrole nitrogens is 2. The highest BCUT2D eigenvalue weighted by Gasteiger charge is 2.41. The Kier molecular flexibility index (Phi) is 15.5. The van der Waals surface area contributed by atoms with Gasteiger partial charge in [0.25, 0.3) is 5.91 Å². The number of hydrogen-bond acceptors (Lipinski definition) is 9. The summed E-state index contributed by atoms with van der Waals surface area (Å²) >= 11 is 0. The molecule has 0 spiro atoms. The number of nitrogens with zero attached hydrogens (tertiary/aromatic N) is 4. The van der Waals surface area contributed by atoms with E-state index in [1.165, 1.54) is 7.11 Å². The van der Waals surface area contributed by atoms with Gasteiger partial charge in [-0.2, -0.15) is 0 Å². The van der Waals surface area contributed by atoms with Crippen LogP contribution >= 0.6 is 0 Å². The number of hydrogen-bond donors (Lipinski definition) is 4. The molecule has 4 amide bonds. The average molecular weight is 889 g/mol. The topological polar surface area (TPSA) is 184 Å². The summed E-state index contributed by atoms with van der Waals surface area (Å²) in [5.41, 5.74) is 5.47. The van der Waals surface area contributed by atoms with E-state index in [1.807, 2.05) is 94.1 Å². The maximum absolute atomic E-state index is 14.6. The molecule has 6 rings (SSSR count). The van der Waals surface area contributed by atoms with Crippen LogP contribution in [0.25, 0.3) is 33.6 Å². The lowest BCUT2D eigenvalue weighted by Crippen LogP contribution is -2.52. The second-order valence-electron chi connectivity index (χ2n) is 18.3. The number of imidazole rings is 2. The SMILES string of the molecule is COC[C@@H](C)CN(C(=O)[C@H](NC(=O)OC(C)(C)C)c1ccccc1)[C@@H](C)c1ncc(-c2ccc(-c3ccc(-c4cnc([C@@H]5CC[C@H](C)N5C(=O)[C@@H](NC(=O)OC)C(C)C)[nH]4)cc3)cc2)[nH]1. The Hall–Kier alpha value is -6.48. The van der Waals surface area contributed by atoms with Gasteiger partial charge >= 0.3 is 12.2 Å². The highest BCUT2D eigenvalue weighted by molar-refractivity contribution is 5.88. The summed E-state index contributed by atoms with van der Waals surface area (Å²) in [7, 11) is 2.92. The largest absolute Gasteiger partial charge is 0.453 e. The molecular weight excluding hydrogens is 825 g/mol. The number of likely N-dealkylation sites (tertiary alicyclic amines) is 1. The van der Waals surface area contributed by atoms with E-state index in [-0.39, 0.29) is 35.7 Å². The van der Waals surface area contributed by atoms with Crippen molar-refractivity contribution in [2.75, 3.05) is 27.4 Å². The van der Waals surface area contributed by atoms with Gasteiger partial charge in [0.05, 0.1) is 49.6 Å². The van der Waals surface area contributed by atoms with Crippen LogP contribution in [0.3, 0.4) is 0 Å². The molecule has 15 heteroatoms. The molecule has 1 aliphatic rings. The van der Waals surface area contributed by atoms with Crippen molar-refractivity contribution in [3.05, 3.63) is 108 Å². The van der Waals surface area contributed by atoms with E-state index < -0.39 is 35.9 Å². The lowest BCUT2D eigenvalue weighted by molar-refractivity contribution is -0.138. The lowest BCUT2D eigenvalue weighted by Gasteiger charge is -2.34. The van der Waals surface area contributed by atoms with Gasteiger partial charge in [-0.25, -0.2) is 19.6 Å². The molecule has 346 valence electrons. The summed E-state index contributed by atoms with van der Waals surface area (Å²) in [6.45, 7) is 15.9. The molecule has 0 unspecified atom stereocenters. The number of aromatic amines is 2. The number of carbonyl (C=O) groups excluding carboxylic acids is 4. The molecule has 0 bridgehead atoms. The first kappa shape index (κ1) is 48.0. The molecule has 65 heavy (non-hydrogen) atoms. The summed E-state index contributed by atoms with van der Waals surface area (Å²) in [6, 6.07) is 23.1. The Balaban J connectivity index is 1.16. The van der Waals surface area contributed by atoms with E-state index in [0.29, 0.717) is 30.4 Å². The van der Waals surface area contributed by atoms with Gasteiger partial charge < -0.3 is 44.6 Å². The Bertz CT molecular complexity index is 2370. The van der Waals surface area contributed by atoms with Crippen LogP contribution in [-0.2, 0) is 23.8 Å². The summed E-state index contributed by atoms with van der Waals surface area (Å²) in [5.74, 6) is 0.718. The van der Waals surface area contributed by atoms with Crippen molar-refractivity contribution in [3.63, 3.8) is 0 Å². The third kappa shape index (κ3) is 11.8. The van der Waals surface area contributed by atoms with Crippen molar-refractivity contribution in [2.24, 2.45) is 11.8 Å². The highest BCUT2D eigenvalue weighted by Crippen LogP contribution is 2.37. The van der Waals surface area contributed by atoms with E-state index in [4.69, 9.17) is 24.2 Å². The first-order valence-electron chi connectivity index (χ1n) is 22.3. The molecule has 0 saturated carbocycles. The molecule has 15 nitrogen and oxygen atoms in total. The molecule has 1 aliphatic heterocycles. The normalized spacial score (nSPS) is 16.9. The molecule has 5 aromatic rings. The molecule has 1 saturated heterocycles. The first-order chi connectivity index (χ1) is 31.0. The minimum absolute atomic E-state index is 0.0109. The number of nitrogens with one attached hydrogen (secondary N) is 4. The zero-order chi connectivity index (χ0) is 47.0. The molecule has 3 aromatic carbocycles. The monoisotopic (exact) mass is 888 g/mol. The minimum atomic E-state index is -0.998. The fraction of sp³-hybridized carbons (Fsp3) is 0.440. The van der Waals surface area contributed by atoms with Crippen molar-refractivity contribution in [3.8, 4) is 33.6 Å². The van der Waals surface area contributed by atoms with Gasteiger partial charge in [0.1, 0.15) is 29.3 Å². The van der Waals surface area contributed by atoms with E-state index in [2.05, 4.69) is 44.9 Å². The molecule has 0 radical (unpaired) electrons. The Labute approximate surface area is 382 Å². The van der Waals surface area contributed by atoms with Crippen molar-refractivity contribution >= 4 is 24.0 Å². The lowest BCUT2D eigenvalue weighted by atomic mass is 10.0. The van der Waals surface area contributed by atoms with Gasteiger partial charge in [0.15, 0.2) is 0 Å². The third-order valence-corrected chi connectivity index (χ3v) is 11.7. The zero-order valence-electron chi connectivity index (χ0n) is 39.2. The van der Waals surface area contributed by atoms with Gasteiger partial charge in [0.2, 0.25) is 5.91 Å². The maximum atomic E-state index is 14.6. The van der Waals surface area contributed by atoms with Crippen LogP contribution in [0.1, 0.15) is 104 Å². The minimum Gasteiger partial charge on any atom is -0.453 e.